The first-order valence-corrected chi connectivity index (χ1v) is 8.68. The molecule has 2 rings (SSSR count). The summed E-state index contributed by atoms with van der Waals surface area (Å²) in [6.07, 6.45) is 3.34. The Morgan fingerprint density at radius 2 is 1.14 bits per heavy atom. The van der Waals surface area contributed by atoms with Crippen molar-refractivity contribution in [3.05, 3.63) is 0 Å². The monoisotopic (exact) mass is 290 g/mol. The molecule has 0 aliphatic carbocycles. The summed E-state index contributed by atoms with van der Waals surface area (Å²) in [5, 5.41) is 0. The van der Waals surface area contributed by atoms with Gasteiger partial charge in [0.25, 0.3) is 0 Å². The maximum absolute atomic E-state index is 5.04. The van der Waals surface area contributed by atoms with Crippen LogP contribution in [0.15, 0.2) is 9.98 Å². The van der Waals surface area contributed by atoms with Crippen molar-refractivity contribution in [3.63, 3.8) is 0 Å². The molecule has 2 atom stereocenters. The second-order valence-corrected chi connectivity index (χ2v) is 8.95. The summed E-state index contributed by atoms with van der Waals surface area (Å²) in [7, 11) is 0. The quantitative estimate of drug-likeness (QED) is 0.682. The van der Waals surface area contributed by atoms with Gasteiger partial charge in [0.15, 0.2) is 0 Å². The summed E-state index contributed by atoms with van der Waals surface area (Å²) < 4.78 is 0. The van der Waals surface area contributed by atoms with Gasteiger partial charge in [-0.1, -0.05) is 27.7 Å². The molecule has 0 saturated heterocycles. The van der Waals surface area contributed by atoms with Crippen molar-refractivity contribution in [1.29, 1.82) is 0 Å². The first-order chi connectivity index (χ1) is 9.53. The Kier molecular flexibility index (Phi) is 4.39. The lowest BCUT2D eigenvalue weighted by atomic mass is 9.78. The summed E-state index contributed by atoms with van der Waals surface area (Å²) in [5.41, 5.74) is 2.99. The van der Waals surface area contributed by atoms with Crippen LogP contribution in [0.4, 0.5) is 0 Å². The fourth-order valence-corrected chi connectivity index (χ4v) is 4.64. The van der Waals surface area contributed by atoms with Crippen molar-refractivity contribution in [2.75, 3.05) is 0 Å². The van der Waals surface area contributed by atoms with Crippen molar-refractivity contribution in [1.82, 2.24) is 0 Å². The fourth-order valence-electron chi connectivity index (χ4n) is 4.64. The molecule has 0 aromatic heterocycles. The topological polar surface area (TPSA) is 24.7 Å². The van der Waals surface area contributed by atoms with Gasteiger partial charge >= 0.3 is 0 Å². The third-order valence-corrected chi connectivity index (χ3v) is 5.64. The van der Waals surface area contributed by atoms with Crippen molar-refractivity contribution in [2.24, 2.45) is 33.7 Å². The van der Waals surface area contributed by atoms with Crippen molar-refractivity contribution in [3.8, 4) is 0 Å². The third-order valence-electron chi connectivity index (χ3n) is 5.64. The maximum atomic E-state index is 5.04. The van der Waals surface area contributed by atoms with E-state index in [1.54, 1.807) is 0 Å². The SMILES string of the molecule is CC(C)[C@H]1CC(CC2=NC(C)(C)[C@@H](C(C)C)C2)=NC1(C)C. The van der Waals surface area contributed by atoms with Crippen molar-refractivity contribution < 1.29 is 0 Å². The van der Waals surface area contributed by atoms with Gasteiger partial charge in [0.2, 0.25) is 0 Å². The van der Waals surface area contributed by atoms with Crippen LogP contribution in [0, 0.1) is 23.7 Å². The average Bonchev–Trinajstić information content (AvgIpc) is 2.75. The lowest BCUT2D eigenvalue weighted by Gasteiger charge is -2.27. The number of rotatable bonds is 4. The summed E-state index contributed by atoms with van der Waals surface area (Å²) in [4.78, 5) is 10.1. The highest BCUT2D eigenvalue weighted by Gasteiger charge is 2.41. The van der Waals surface area contributed by atoms with Gasteiger partial charge in [-0.05, 0) is 64.2 Å². The Bertz CT molecular complexity index is 410. The normalized spacial score (nSPS) is 31.0. The molecule has 2 aliphatic rings. The van der Waals surface area contributed by atoms with E-state index in [-0.39, 0.29) is 11.1 Å². The zero-order chi connectivity index (χ0) is 16.0. The van der Waals surface area contributed by atoms with Crippen LogP contribution in [-0.2, 0) is 0 Å². The van der Waals surface area contributed by atoms with Gasteiger partial charge in [-0.15, -0.1) is 0 Å². The van der Waals surface area contributed by atoms with E-state index in [9.17, 15) is 0 Å². The smallest absolute Gasteiger partial charge is 0.0585 e. The van der Waals surface area contributed by atoms with Crippen LogP contribution in [0.1, 0.15) is 74.7 Å². The molecule has 0 aromatic rings. The molecular weight excluding hydrogens is 256 g/mol. The predicted molar refractivity (Wildman–Crippen MR) is 93.5 cm³/mol. The molecule has 2 heterocycles. The molecule has 0 unspecified atom stereocenters. The van der Waals surface area contributed by atoms with Gasteiger partial charge in [0.1, 0.15) is 0 Å². The minimum Gasteiger partial charge on any atom is -0.287 e. The highest BCUT2D eigenvalue weighted by Crippen LogP contribution is 2.41. The average molecular weight is 290 g/mol. The van der Waals surface area contributed by atoms with Crippen molar-refractivity contribution >= 4 is 11.4 Å². The molecule has 0 N–H and O–H groups in total. The predicted octanol–water partition coefficient (Wildman–Crippen LogP) is 5.17. The lowest BCUT2D eigenvalue weighted by molar-refractivity contribution is 0.275. The van der Waals surface area contributed by atoms with Gasteiger partial charge in [0, 0.05) is 17.8 Å². The standard InChI is InChI=1S/C19H34N2/c1-12(2)16-10-14(20-18(16,5)6)9-15-11-17(13(3)4)19(7,8)21-15/h12-13,16-17H,9-11H2,1-8H3/t16-,17-/m1/s1. The van der Waals surface area contributed by atoms with Crippen LogP contribution in [0.2, 0.25) is 0 Å². The summed E-state index contributed by atoms with van der Waals surface area (Å²) in [6, 6.07) is 0. The van der Waals surface area contributed by atoms with E-state index in [2.05, 4.69) is 55.4 Å². The van der Waals surface area contributed by atoms with Gasteiger partial charge in [-0.25, -0.2) is 0 Å². The summed E-state index contributed by atoms with van der Waals surface area (Å²) in [5.74, 6) is 2.77. The zero-order valence-electron chi connectivity index (χ0n) is 15.3. The van der Waals surface area contributed by atoms with Crippen LogP contribution < -0.4 is 0 Å². The Labute approximate surface area is 131 Å². The first kappa shape index (κ1) is 16.7. The Morgan fingerprint density at radius 1 is 0.810 bits per heavy atom. The van der Waals surface area contributed by atoms with E-state index >= 15 is 0 Å². The molecule has 120 valence electrons. The molecule has 0 saturated carbocycles. The summed E-state index contributed by atoms with van der Waals surface area (Å²) in [6.45, 7) is 18.5. The van der Waals surface area contributed by atoms with Gasteiger partial charge in [0.05, 0.1) is 11.1 Å². The van der Waals surface area contributed by atoms with E-state index in [1.165, 1.54) is 11.4 Å². The number of nitrogens with zero attached hydrogens (tertiary/aromatic N) is 2. The molecule has 2 nitrogen and oxygen atoms in total. The van der Waals surface area contributed by atoms with E-state index in [0.717, 1.165) is 19.3 Å². The molecular formula is C19H34N2. The summed E-state index contributed by atoms with van der Waals surface area (Å²) >= 11 is 0. The molecule has 0 spiro atoms. The van der Waals surface area contributed by atoms with E-state index < -0.39 is 0 Å². The largest absolute Gasteiger partial charge is 0.287 e. The minimum atomic E-state index is 0.107. The van der Waals surface area contributed by atoms with Crippen LogP contribution >= 0.6 is 0 Å². The van der Waals surface area contributed by atoms with Crippen LogP contribution in [-0.4, -0.2) is 22.5 Å². The minimum absolute atomic E-state index is 0.107. The van der Waals surface area contributed by atoms with Crippen LogP contribution in [0.25, 0.3) is 0 Å². The highest BCUT2D eigenvalue weighted by atomic mass is 14.9. The molecule has 0 amide bonds. The van der Waals surface area contributed by atoms with Crippen molar-refractivity contribution in [2.45, 2.75) is 85.7 Å². The molecule has 0 radical (unpaired) electrons. The molecule has 2 heteroatoms. The van der Waals surface area contributed by atoms with Gasteiger partial charge in [-0.3, -0.25) is 9.98 Å². The molecule has 0 fully saturated rings. The zero-order valence-corrected chi connectivity index (χ0v) is 15.3. The molecule has 0 bridgehead atoms. The number of hydrogen-bond acceptors (Lipinski definition) is 2. The second-order valence-electron chi connectivity index (χ2n) is 8.95. The highest BCUT2D eigenvalue weighted by molar-refractivity contribution is 6.06. The fraction of sp³-hybridized carbons (Fsp3) is 0.895. The third kappa shape index (κ3) is 3.40. The van der Waals surface area contributed by atoms with E-state index in [1.807, 2.05) is 0 Å². The Hall–Kier alpha value is -0.660. The second kappa shape index (κ2) is 5.52. The lowest BCUT2D eigenvalue weighted by Crippen LogP contribution is -2.28. The van der Waals surface area contributed by atoms with Gasteiger partial charge < -0.3 is 0 Å². The van der Waals surface area contributed by atoms with Crippen LogP contribution in [0.3, 0.4) is 0 Å². The van der Waals surface area contributed by atoms with Crippen LogP contribution in [0.5, 0.6) is 0 Å². The van der Waals surface area contributed by atoms with Gasteiger partial charge in [-0.2, -0.15) is 0 Å². The molecule has 21 heavy (non-hydrogen) atoms. The number of hydrogen-bond donors (Lipinski definition) is 0. The number of aliphatic imine (C=N–C) groups is 2. The molecule has 2 aliphatic heterocycles. The maximum Gasteiger partial charge on any atom is 0.0585 e. The van der Waals surface area contributed by atoms with E-state index in [4.69, 9.17) is 9.98 Å². The Balaban J connectivity index is 2.08. The Morgan fingerprint density at radius 3 is 1.38 bits per heavy atom. The van der Waals surface area contributed by atoms with E-state index in [0.29, 0.717) is 23.7 Å². The molecule has 0 aromatic carbocycles. The first-order valence-electron chi connectivity index (χ1n) is 8.68.